The first-order valence-electron chi connectivity index (χ1n) is 8.61. The van der Waals surface area contributed by atoms with Crippen LogP contribution in [0.5, 0.6) is 5.75 Å². The molecule has 130 valence electrons. The van der Waals surface area contributed by atoms with Crippen LogP contribution in [0.2, 0.25) is 0 Å². The van der Waals surface area contributed by atoms with Gasteiger partial charge in [-0.2, -0.15) is 0 Å². The first kappa shape index (κ1) is 19.3. The van der Waals surface area contributed by atoms with E-state index in [0.717, 1.165) is 56.4 Å². The monoisotopic (exact) mass is 321 g/mol. The Labute approximate surface area is 140 Å². The predicted molar refractivity (Wildman–Crippen MR) is 96.2 cm³/mol. The molecule has 0 bridgehead atoms. The highest BCUT2D eigenvalue weighted by Gasteiger charge is 1.99. The molecule has 1 aromatic carbocycles. The lowest BCUT2D eigenvalue weighted by molar-refractivity contribution is 0.152. The fourth-order valence-electron chi connectivity index (χ4n) is 1.97. The molecule has 0 spiro atoms. The zero-order valence-electron chi connectivity index (χ0n) is 14.7. The maximum atomic E-state index is 5.74. The van der Waals surface area contributed by atoms with Crippen molar-refractivity contribution in [2.45, 2.75) is 40.2 Å². The number of ether oxygens (including phenoxy) is 2. The third-order valence-electron chi connectivity index (χ3n) is 3.17. The zero-order chi connectivity index (χ0) is 16.8. The number of benzene rings is 1. The Morgan fingerprint density at radius 1 is 1.13 bits per heavy atom. The van der Waals surface area contributed by atoms with E-state index >= 15 is 0 Å². The SMILES string of the molecule is CCCCOc1cccc(CN=C(NCC)NCCOCC)c1. The molecule has 0 fully saturated rings. The molecule has 0 saturated carbocycles. The van der Waals surface area contributed by atoms with Gasteiger partial charge in [-0.05, 0) is 38.0 Å². The highest BCUT2D eigenvalue weighted by atomic mass is 16.5. The van der Waals surface area contributed by atoms with Gasteiger partial charge >= 0.3 is 0 Å². The quantitative estimate of drug-likeness (QED) is 0.374. The Balaban J connectivity index is 2.51. The van der Waals surface area contributed by atoms with Gasteiger partial charge in [-0.25, -0.2) is 4.99 Å². The third kappa shape index (κ3) is 9.08. The number of nitrogens with one attached hydrogen (secondary N) is 2. The number of hydrogen-bond acceptors (Lipinski definition) is 3. The topological polar surface area (TPSA) is 54.9 Å². The van der Waals surface area contributed by atoms with E-state index in [1.807, 2.05) is 19.1 Å². The summed E-state index contributed by atoms with van der Waals surface area (Å²) in [6.45, 7) is 10.6. The van der Waals surface area contributed by atoms with Crippen molar-refractivity contribution in [1.82, 2.24) is 10.6 Å². The molecule has 5 heteroatoms. The summed E-state index contributed by atoms with van der Waals surface area (Å²) >= 11 is 0. The van der Waals surface area contributed by atoms with Gasteiger partial charge < -0.3 is 20.1 Å². The smallest absolute Gasteiger partial charge is 0.191 e. The Morgan fingerprint density at radius 2 is 2.00 bits per heavy atom. The second kappa shape index (κ2) is 12.8. The maximum Gasteiger partial charge on any atom is 0.191 e. The minimum Gasteiger partial charge on any atom is -0.494 e. The minimum absolute atomic E-state index is 0.620. The lowest BCUT2D eigenvalue weighted by Gasteiger charge is -2.11. The predicted octanol–water partition coefficient (Wildman–Crippen LogP) is 2.96. The van der Waals surface area contributed by atoms with Crippen LogP contribution < -0.4 is 15.4 Å². The molecule has 0 aliphatic carbocycles. The molecule has 0 aromatic heterocycles. The number of unbranched alkanes of at least 4 members (excludes halogenated alkanes) is 1. The first-order valence-corrected chi connectivity index (χ1v) is 8.61. The summed E-state index contributed by atoms with van der Waals surface area (Å²) in [5.74, 6) is 1.73. The first-order chi connectivity index (χ1) is 11.3. The fourth-order valence-corrected chi connectivity index (χ4v) is 1.97. The number of rotatable bonds is 11. The summed E-state index contributed by atoms with van der Waals surface area (Å²) < 4.78 is 11.1. The Hall–Kier alpha value is -1.75. The molecule has 2 N–H and O–H groups in total. The highest BCUT2D eigenvalue weighted by molar-refractivity contribution is 5.79. The van der Waals surface area contributed by atoms with Crippen LogP contribution in [0.3, 0.4) is 0 Å². The van der Waals surface area contributed by atoms with Gasteiger partial charge in [0.15, 0.2) is 5.96 Å². The van der Waals surface area contributed by atoms with Crippen LogP contribution in [0.15, 0.2) is 29.3 Å². The molecular weight excluding hydrogens is 290 g/mol. The van der Waals surface area contributed by atoms with E-state index in [1.54, 1.807) is 0 Å². The molecule has 5 nitrogen and oxygen atoms in total. The van der Waals surface area contributed by atoms with E-state index in [4.69, 9.17) is 9.47 Å². The van der Waals surface area contributed by atoms with Gasteiger partial charge in [0, 0.05) is 19.7 Å². The molecule has 23 heavy (non-hydrogen) atoms. The van der Waals surface area contributed by atoms with Crippen molar-refractivity contribution in [2.24, 2.45) is 4.99 Å². The number of nitrogens with zero attached hydrogens (tertiary/aromatic N) is 1. The molecule has 0 radical (unpaired) electrons. The molecule has 0 saturated heterocycles. The summed E-state index contributed by atoms with van der Waals surface area (Å²) in [5, 5.41) is 6.50. The van der Waals surface area contributed by atoms with Crippen LogP contribution in [-0.2, 0) is 11.3 Å². The molecule has 1 aromatic rings. The standard InChI is InChI=1S/C18H31N3O2/c1-4-7-12-23-17-10-8-9-16(14-17)15-21-18(19-5-2)20-11-13-22-6-3/h8-10,14H,4-7,11-13,15H2,1-3H3,(H2,19,20,21). The molecule has 0 amide bonds. The van der Waals surface area contributed by atoms with Crippen molar-refractivity contribution < 1.29 is 9.47 Å². The van der Waals surface area contributed by atoms with E-state index < -0.39 is 0 Å². The zero-order valence-corrected chi connectivity index (χ0v) is 14.7. The van der Waals surface area contributed by atoms with Crippen LogP contribution in [-0.4, -0.2) is 38.9 Å². The summed E-state index contributed by atoms with van der Waals surface area (Å²) in [6, 6.07) is 8.14. The Kier molecular flexibility index (Phi) is 10.7. The molecule has 0 aliphatic rings. The van der Waals surface area contributed by atoms with Crippen molar-refractivity contribution in [3.63, 3.8) is 0 Å². The fraction of sp³-hybridized carbons (Fsp3) is 0.611. The number of guanidine groups is 1. The highest BCUT2D eigenvalue weighted by Crippen LogP contribution is 2.14. The molecule has 0 unspecified atom stereocenters. The van der Waals surface area contributed by atoms with Crippen LogP contribution in [0, 0.1) is 0 Å². The summed E-state index contributed by atoms with van der Waals surface area (Å²) in [4.78, 5) is 4.60. The molecular formula is C18H31N3O2. The van der Waals surface area contributed by atoms with E-state index in [-0.39, 0.29) is 0 Å². The molecule has 1 rings (SSSR count). The second-order valence-electron chi connectivity index (χ2n) is 5.17. The maximum absolute atomic E-state index is 5.74. The average molecular weight is 321 g/mol. The number of hydrogen-bond donors (Lipinski definition) is 2. The van der Waals surface area contributed by atoms with Crippen LogP contribution in [0.4, 0.5) is 0 Å². The van der Waals surface area contributed by atoms with E-state index in [9.17, 15) is 0 Å². The van der Waals surface area contributed by atoms with Gasteiger partial charge in [-0.3, -0.25) is 0 Å². The van der Waals surface area contributed by atoms with Crippen LogP contribution in [0.25, 0.3) is 0 Å². The summed E-state index contributed by atoms with van der Waals surface area (Å²) in [6.07, 6.45) is 2.22. The van der Waals surface area contributed by atoms with Crippen LogP contribution in [0.1, 0.15) is 39.2 Å². The van der Waals surface area contributed by atoms with Gasteiger partial charge in [0.25, 0.3) is 0 Å². The van der Waals surface area contributed by atoms with Crippen molar-refractivity contribution in [3.8, 4) is 5.75 Å². The normalized spacial score (nSPS) is 11.3. The lowest BCUT2D eigenvalue weighted by Crippen LogP contribution is -2.39. The van der Waals surface area contributed by atoms with E-state index in [1.165, 1.54) is 0 Å². The lowest BCUT2D eigenvalue weighted by atomic mass is 10.2. The van der Waals surface area contributed by atoms with Gasteiger partial charge in [-0.1, -0.05) is 25.5 Å². The van der Waals surface area contributed by atoms with Crippen molar-refractivity contribution in [1.29, 1.82) is 0 Å². The van der Waals surface area contributed by atoms with Crippen molar-refractivity contribution in [3.05, 3.63) is 29.8 Å². The van der Waals surface area contributed by atoms with E-state index in [2.05, 4.69) is 41.6 Å². The Bertz CT molecular complexity index is 450. The van der Waals surface area contributed by atoms with Gasteiger partial charge in [0.2, 0.25) is 0 Å². The van der Waals surface area contributed by atoms with Gasteiger partial charge in [0.1, 0.15) is 5.75 Å². The largest absolute Gasteiger partial charge is 0.494 e. The Morgan fingerprint density at radius 3 is 2.74 bits per heavy atom. The molecule has 0 atom stereocenters. The minimum atomic E-state index is 0.620. The van der Waals surface area contributed by atoms with Gasteiger partial charge in [0.05, 0.1) is 19.8 Å². The van der Waals surface area contributed by atoms with Crippen LogP contribution >= 0.6 is 0 Å². The van der Waals surface area contributed by atoms with Crippen molar-refractivity contribution >= 4 is 5.96 Å². The van der Waals surface area contributed by atoms with Gasteiger partial charge in [-0.15, -0.1) is 0 Å². The molecule has 0 aliphatic heterocycles. The number of aliphatic imine (C=N–C) groups is 1. The summed E-state index contributed by atoms with van der Waals surface area (Å²) in [5.41, 5.74) is 1.14. The average Bonchev–Trinajstić information content (AvgIpc) is 2.57. The van der Waals surface area contributed by atoms with Crippen molar-refractivity contribution in [2.75, 3.05) is 32.9 Å². The molecule has 0 heterocycles. The third-order valence-corrected chi connectivity index (χ3v) is 3.17. The second-order valence-corrected chi connectivity index (χ2v) is 5.17. The van der Waals surface area contributed by atoms with E-state index in [0.29, 0.717) is 13.2 Å². The summed E-state index contributed by atoms with van der Waals surface area (Å²) in [7, 11) is 0.